The van der Waals surface area contributed by atoms with E-state index >= 15 is 0 Å². The largest absolute Gasteiger partial charge is 0.354 e. The number of hydrogen-bond acceptors (Lipinski definition) is 4. The van der Waals surface area contributed by atoms with Gasteiger partial charge in [0.15, 0.2) is 0 Å². The van der Waals surface area contributed by atoms with Crippen LogP contribution in [-0.2, 0) is 12.8 Å². The molecule has 0 aliphatic rings. The maximum absolute atomic E-state index is 12.4. The van der Waals surface area contributed by atoms with E-state index in [1.165, 1.54) is 12.4 Å². The van der Waals surface area contributed by atoms with Crippen molar-refractivity contribution >= 4 is 29.1 Å². The van der Waals surface area contributed by atoms with E-state index in [4.69, 9.17) is 11.6 Å². The summed E-state index contributed by atoms with van der Waals surface area (Å²) in [6.07, 6.45) is 4.71. The molecule has 138 valence electrons. The summed E-state index contributed by atoms with van der Waals surface area (Å²) in [4.78, 5) is 20.8. The highest BCUT2D eigenvalue weighted by atomic mass is 35.5. The number of carbonyl (C=O) groups is 1. The first-order valence-electron chi connectivity index (χ1n) is 8.85. The van der Waals surface area contributed by atoms with Crippen LogP contribution in [0, 0.1) is 0 Å². The highest BCUT2D eigenvalue weighted by Crippen LogP contribution is 2.16. The van der Waals surface area contributed by atoms with Crippen molar-refractivity contribution in [2.75, 3.05) is 17.2 Å². The molecule has 3 aromatic rings. The van der Waals surface area contributed by atoms with Gasteiger partial charge in [-0.15, -0.1) is 0 Å². The molecule has 1 heterocycles. The van der Waals surface area contributed by atoms with E-state index in [1.807, 2.05) is 48.5 Å². The lowest BCUT2D eigenvalue weighted by Crippen LogP contribution is -2.15. The number of benzene rings is 2. The zero-order valence-electron chi connectivity index (χ0n) is 15.1. The van der Waals surface area contributed by atoms with Crippen LogP contribution in [0.2, 0.25) is 5.02 Å². The molecule has 0 bridgehead atoms. The molecule has 0 aliphatic heterocycles. The normalized spacial score (nSPS) is 10.4. The predicted octanol–water partition coefficient (Wildman–Crippen LogP) is 4.60. The summed E-state index contributed by atoms with van der Waals surface area (Å²) < 4.78 is 0. The van der Waals surface area contributed by atoms with E-state index in [0.717, 1.165) is 34.7 Å². The Morgan fingerprint density at radius 2 is 1.85 bits per heavy atom. The van der Waals surface area contributed by atoms with Crippen molar-refractivity contribution in [3.05, 3.63) is 82.6 Å². The first-order chi connectivity index (χ1) is 13.2. The second-order valence-electron chi connectivity index (χ2n) is 6.07. The van der Waals surface area contributed by atoms with Crippen molar-refractivity contribution in [2.24, 2.45) is 0 Å². The van der Waals surface area contributed by atoms with Gasteiger partial charge in [0.05, 0.1) is 5.56 Å². The van der Waals surface area contributed by atoms with E-state index < -0.39 is 0 Å². The lowest BCUT2D eigenvalue weighted by Gasteiger charge is -2.10. The summed E-state index contributed by atoms with van der Waals surface area (Å²) in [7, 11) is 0. The number of nitrogens with zero attached hydrogens (tertiary/aromatic N) is 2. The molecular formula is C21H21ClN4O. The van der Waals surface area contributed by atoms with Crippen LogP contribution >= 0.6 is 11.6 Å². The van der Waals surface area contributed by atoms with E-state index in [2.05, 4.69) is 27.5 Å². The Bertz CT molecular complexity index is 912. The van der Waals surface area contributed by atoms with Gasteiger partial charge in [-0.25, -0.2) is 9.97 Å². The second-order valence-corrected chi connectivity index (χ2v) is 6.50. The lowest BCUT2D eigenvalue weighted by molar-refractivity contribution is 0.102. The molecule has 6 heteroatoms. The summed E-state index contributed by atoms with van der Waals surface area (Å²) in [5, 5.41) is 6.79. The Hall–Kier alpha value is -2.92. The van der Waals surface area contributed by atoms with E-state index in [1.54, 1.807) is 0 Å². The van der Waals surface area contributed by atoms with Gasteiger partial charge in [0.25, 0.3) is 5.91 Å². The third-order valence-corrected chi connectivity index (χ3v) is 4.38. The molecule has 0 saturated heterocycles. The number of aromatic nitrogens is 2. The highest BCUT2D eigenvalue weighted by Gasteiger charge is 2.09. The Kier molecular flexibility index (Phi) is 6.39. The van der Waals surface area contributed by atoms with Gasteiger partial charge >= 0.3 is 0 Å². The van der Waals surface area contributed by atoms with Gasteiger partial charge in [0, 0.05) is 29.6 Å². The Labute approximate surface area is 163 Å². The SMILES string of the molecule is CCc1ccccc1NC(=O)c1cnc(NCCc2cccc(Cl)c2)nc1. The minimum atomic E-state index is -0.221. The predicted molar refractivity (Wildman–Crippen MR) is 109 cm³/mol. The fourth-order valence-electron chi connectivity index (χ4n) is 2.69. The molecular weight excluding hydrogens is 360 g/mol. The van der Waals surface area contributed by atoms with Crippen molar-refractivity contribution in [3.63, 3.8) is 0 Å². The maximum atomic E-state index is 12.4. The Morgan fingerprint density at radius 1 is 1.07 bits per heavy atom. The molecule has 2 aromatic carbocycles. The van der Waals surface area contributed by atoms with Gasteiger partial charge in [0.1, 0.15) is 0 Å². The Morgan fingerprint density at radius 3 is 2.59 bits per heavy atom. The minimum absolute atomic E-state index is 0.221. The van der Waals surface area contributed by atoms with Crippen LogP contribution in [0.1, 0.15) is 28.4 Å². The first-order valence-corrected chi connectivity index (χ1v) is 9.23. The molecule has 5 nitrogen and oxygen atoms in total. The average molecular weight is 381 g/mol. The molecule has 0 saturated carbocycles. The maximum Gasteiger partial charge on any atom is 0.258 e. The summed E-state index contributed by atoms with van der Waals surface area (Å²) >= 11 is 5.98. The lowest BCUT2D eigenvalue weighted by atomic mass is 10.1. The van der Waals surface area contributed by atoms with Crippen LogP contribution in [0.4, 0.5) is 11.6 Å². The topological polar surface area (TPSA) is 66.9 Å². The molecule has 27 heavy (non-hydrogen) atoms. The van der Waals surface area contributed by atoms with Crippen LogP contribution in [0.3, 0.4) is 0 Å². The molecule has 3 rings (SSSR count). The molecule has 0 unspecified atom stereocenters. The summed E-state index contributed by atoms with van der Waals surface area (Å²) in [5.41, 5.74) is 3.46. The van der Waals surface area contributed by atoms with Crippen molar-refractivity contribution in [1.29, 1.82) is 0 Å². The monoisotopic (exact) mass is 380 g/mol. The summed E-state index contributed by atoms with van der Waals surface area (Å²) in [6, 6.07) is 15.5. The zero-order chi connectivity index (χ0) is 19.1. The fourth-order valence-corrected chi connectivity index (χ4v) is 2.91. The number of hydrogen-bond donors (Lipinski definition) is 2. The van der Waals surface area contributed by atoms with Gasteiger partial charge in [-0.1, -0.05) is 48.9 Å². The van der Waals surface area contributed by atoms with Crippen LogP contribution in [0.15, 0.2) is 60.9 Å². The number of nitrogens with one attached hydrogen (secondary N) is 2. The molecule has 0 spiro atoms. The first kappa shape index (κ1) is 18.9. The molecule has 0 radical (unpaired) electrons. The molecule has 2 N–H and O–H groups in total. The number of rotatable bonds is 7. The summed E-state index contributed by atoms with van der Waals surface area (Å²) in [5.74, 6) is 0.268. The smallest absolute Gasteiger partial charge is 0.258 e. The summed E-state index contributed by atoms with van der Waals surface area (Å²) in [6.45, 7) is 2.73. The number of para-hydroxylation sites is 1. The van der Waals surface area contributed by atoms with Gasteiger partial charge < -0.3 is 10.6 Å². The van der Waals surface area contributed by atoms with E-state index in [9.17, 15) is 4.79 Å². The average Bonchev–Trinajstić information content (AvgIpc) is 2.69. The Balaban J connectivity index is 1.55. The highest BCUT2D eigenvalue weighted by molar-refractivity contribution is 6.30. The van der Waals surface area contributed by atoms with Crippen LogP contribution in [-0.4, -0.2) is 22.4 Å². The molecule has 0 atom stereocenters. The van der Waals surface area contributed by atoms with Gasteiger partial charge in [-0.05, 0) is 42.2 Å². The third-order valence-electron chi connectivity index (χ3n) is 4.15. The number of aryl methyl sites for hydroxylation is 1. The van der Waals surface area contributed by atoms with Gasteiger partial charge in [-0.3, -0.25) is 4.79 Å². The van der Waals surface area contributed by atoms with E-state index in [-0.39, 0.29) is 5.91 Å². The van der Waals surface area contributed by atoms with Crippen LogP contribution < -0.4 is 10.6 Å². The molecule has 0 aliphatic carbocycles. The van der Waals surface area contributed by atoms with Crippen molar-refractivity contribution in [1.82, 2.24) is 9.97 Å². The number of anilines is 2. The molecule has 0 fully saturated rings. The second kappa shape index (κ2) is 9.14. The zero-order valence-corrected chi connectivity index (χ0v) is 15.8. The quantitative estimate of drug-likeness (QED) is 0.628. The van der Waals surface area contributed by atoms with Crippen LogP contribution in [0.5, 0.6) is 0 Å². The number of halogens is 1. The third kappa shape index (κ3) is 5.28. The van der Waals surface area contributed by atoms with E-state index in [0.29, 0.717) is 18.1 Å². The van der Waals surface area contributed by atoms with Gasteiger partial charge in [0.2, 0.25) is 5.95 Å². The molecule has 1 amide bonds. The van der Waals surface area contributed by atoms with Crippen molar-refractivity contribution in [2.45, 2.75) is 19.8 Å². The molecule has 1 aromatic heterocycles. The van der Waals surface area contributed by atoms with Crippen LogP contribution in [0.25, 0.3) is 0 Å². The van der Waals surface area contributed by atoms with Crippen molar-refractivity contribution < 1.29 is 4.79 Å². The number of amides is 1. The fraction of sp³-hybridized carbons (Fsp3) is 0.190. The van der Waals surface area contributed by atoms with Crippen molar-refractivity contribution in [3.8, 4) is 0 Å². The van der Waals surface area contributed by atoms with Gasteiger partial charge in [-0.2, -0.15) is 0 Å². The number of carbonyl (C=O) groups excluding carboxylic acids is 1. The minimum Gasteiger partial charge on any atom is -0.354 e. The standard InChI is InChI=1S/C21H21ClN4O/c1-2-16-7-3-4-9-19(16)26-20(27)17-13-24-21(25-14-17)23-11-10-15-6-5-8-18(22)12-15/h3-9,12-14H,2,10-11H2,1H3,(H,26,27)(H,23,24,25).